The largest absolute Gasteiger partial charge is 0.372 e. The topological polar surface area (TPSA) is 35.0 Å². The molecule has 2 saturated heterocycles. The van der Waals surface area contributed by atoms with E-state index in [1.807, 2.05) is 18.3 Å². The Labute approximate surface area is 227 Å². The number of piperidine rings is 2. The second-order valence-corrected chi connectivity index (χ2v) is 10.9. The van der Waals surface area contributed by atoms with Crippen molar-refractivity contribution in [2.45, 2.75) is 51.5 Å². The summed E-state index contributed by atoms with van der Waals surface area (Å²) in [7, 11) is 0. The summed E-state index contributed by atoms with van der Waals surface area (Å²) in [4.78, 5) is 9.67. The minimum atomic E-state index is 0.112. The summed E-state index contributed by atoms with van der Waals surface area (Å²) in [5.74, 6) is 1.13. The maximum Gasteiger partial charge on any atom is 0.149 e. The Hall–Kier alpha value is -3.60. The van der Waals surface area contributed by atoms with Gasteiger partial charge in [-0.15, -0.1) is 0 Å². The van der Waals surface area contributed by atoms with Crippen LogP contribution >= 0.6 is 0 Å². The van der Waals surface area contributed by atoms with Gasteiger partial charge in [-0.1, -0.05) is 43.3 Å². The van der Waals surface area contributed by atoms with Crippen LogP contribution in [-0.4, -0.2) is 36.9 Å². The van der Waals surface area contributed by atoms with Gasteiger partial charge in [0.25, 0.3) is 0 Å². The maximum atomic E-state index is 5.10. The zero-order valence-electron chi connectivity index (χ0n) is 22.5. The summed E-state index contributed by atoms with van der Waals surface area (Å²) in [5, 5.41) is 7.21. The summed E-state index contributed by atoms with van der Waals surface area (Å²) in [6, 6.07) is 24.3. The Kier molecular flexibility index (Phi) is 7.43. The molecule has 38 heavy (non-hydrogen) atoms. The van der Waals surface area contributed by atoms with Gasteiger partial charge in [0.2, 0.25) is 0 Å². The van der Waals surface area contributed by atoms with E-state index in [4.69, 9.17) is 5.10 Å². The fourth-order valence-electron chi connectivity index (χ4n) is 6.11. The lowest BCUT2D eigenvalue weighted by Gasteiger charge is -2.30. The summed E-state index contributed by atoms with van der Waals surface area (Å²) in [6.07, 6.45) is 14.1. The lowest BCUT2D eigenvalue weighted by Crippen LogP contribution is -2.29. The van der Waals surface area contributed by atoms with Crippen molar-refractivity contribution in [2.24, 2.45) is 11.0 Å². The van der Waals surface area contributed by atoms with E-state index in [2.05, 4.69) is 93.5 Å². The molecule has 2 fully saturated rings. The Morgan fingerprint density at radius 2 is 1.29 bits per heavy atom. The molecule has 0 N–H and O–H groups in total. The number of rotatable bonds is 6. The number of aromatic nitrogens is 1. The molecule has 0 saturated carbocycles. The SMILES string of the molecule is CC1C(C=Cc2ccc(N3CCCCC3)cc2)=NN(c2ccccn2)C1c1ccc(N2CCCCC2)cc1. The third-order valence-corrected chi connectivity index (χ3v) is 8.33. The number of hydrogen-bond acceptors (Lipinski definition) is 5. The molecule has 2 unspecified atom stereocenters. The van der Waals surface area contributed by atoms with Crippen molar-refractivity contribution in [1.82, 2.24) is 4.98 Å². The molecule has 0 spiro atoms. The molecule has 3 aliphatic heterocycles. The third-order valence-electron chi connectivity index (χ3n) is 8.33. The Morgan fingerprint density at radius 3 is 1.87 bits per heavy atom. The van der Waals surface area contributed by atoms with Crippen LogP contribution in [0.4, 0.5) is 17.2 Å². The van der Waals surface area contributed by atoms with Crippen molar-refractivity contribution in [3.8, 4) is 0 Å². The lowest BCUT2D eigenvalue weighted by atomic mass is 9.91. The summed E-state index contributed by atoms with van der Waals surface area (Å²) < 4.78 is 0. The number of anilines is 3. The second-order valence-electron chi connectivity index (χ2n) is 10.9. The molecule has 3 aliphatic rings. The van der Waals surface area contributed by atoms with Gasteiger partial charge >= 0.3 is 0 Å². The zero-order valence-corrected chi connectivity index (χ0v) is 22.5. The monoisotopic (exact) mass is 505 g/mol. The molecule has 4 heterocycles. The van der Waals surface area contributed by atoms with E-state index in [1.165, 1.54) is 74.1 Å². The van der Waals surface area contributed by atoms with Crippen molar-refractivity contribution in [3.63, 3.8) is 0 Å². The van der Waals surface area contributed by atoms with E-state index in [0.29, 0.717) is 0 Å². The molecular weight excluding hydrogens is 466 g/mol. The van der Waals surface area contributed by atoms with Crippen LogP contribution in [0.2, 0.25) is 0 Å². The van der Waals surface area contributed by atoms with Gasteiger partial charge in [0.15, 0.2) is 0 Å². The minimum Gasteiger partial charge on any atom is -0.372 e. The minimum absolute atomic E-state index is 0.112. The standard InChI is InChI=1S/C33H39N5/c1-26-31(20-13-27-11-16-29(17-12-27)36-22-6-2-7-23-36)35-38(32-10-4-5-21-34-32)33(26)28-14-18-30(19-15-28)37-24-8-3-9-25-37/h4-5,10-21,26,33H,2-3,6-9,22-25H2,1H3. The molecule has 0 aliphatic carbocycles. The van der Waals surface area contributed by atoms with E-state index in [1.54, 1.807) is 0 Å². The quantitative estimate of drug-likeness (QED) is 0.351. The summed E-state index contributed by atoms with van der Waals surface area (Å²) >= 11 is 0. The molecule has 6 rings (SSSR count). The molecule has 0 amide bonds. The fraction of sp³-hybridized carbons (Fsp3) is 0.394. The number of nitrogens with zero attached hydrogens (tertiary/aromatic N) is 5. The van der Waals surface area contributed by atoms with Crippen LogP contribution in [0.1, 0.15) is 62.6 Å². The molecule has 5 heteroatoms. The highest BCUT2D eigenvalue weighted by molar-refractivity contribution is 6.02. The van der Waals surface area contributed by atoms with Gasteiger partial charge in [0, 0.05) is 49.7 Å². The van der Waals surface area contributed by atoms with Crippen LogP contribution in [0.15, 0.2) is 84.1 Å². The van der Waals surface area contributed by atoms with E-state index in [0.717, 1.165) is 24.6 Å². The van der Waals surface area contributed by atoms with Gasteiger partial charge in [0.05, 0.1) is 11.8 Å². The molecule has 196 valence electrons. The van der Waals surface area contributed by atoms with Gasteiger partial charge in [-0.05, 0) is 92.1 Å². The van der Waals surface area contributed by atoms with E-state index < -0.39 is 0 Å². The molecule has 3 aromatic rings. The van der Waals surface area contributed by atoms with Crippen molar-refractivity contribution in [2.75, 3.05) is 41.0 Å². The Bertz CT molecular complexity index is 1240. The van der Waals surface area contributed by atoms with Gasteiger partial charge in [-0.25, -0.2) is 9.99 Å². The van der Waals surface area contributed by atoms with E-state index in [-0.39, 0.29) is 12.0 Å². The fourth-order valence-corrected chi connectivity index (χ4v) is 6.11. The first-order chi connectivity index (χ1) is 18.8. The first kappa shape index (κ1) is 24.7. The number of allylic oxidation sites excluding steroid dienone is 1. The number of hydrogen-bond donors (Lipinski definition) is 0. The maximum absolute atomic E-state index is 5.10. The Balaban J connectivity index is 1.22. The Morgan fingerprint density at radius 1 is 0.684 bits per heavy atom. The molecule has 2 atom stereocenters. The van der Waals surface area contributed by atoms with Crippen LogP contribution in [-0.2, 0) is 0 Å². The third kappa shape index (κ3) is 5.33. The van der Waals surface area contributed by atoms with E-state index in [9.17, 15) is 0 Å². The number of pyridine rings is 1. The van der Waals surface area contributed by atoms with E-state index >= 15 is 0 Å². The van der Waals surface area contributed by atoms with Crippen LogP contribution in [0.25, 0.3) is 6.08 Å². The van der Waals surface area contributed by atoms with Crippen molar-refractivity contribution >= 4 is 29.0 Å². The molecular formula is C33H39N5. The highest BCUT2D eigenvalue weighted by Gasteiger charge is 2.35. The molecule has 1 aromatic heterocycles. The predicted octanol–water partition coefficient (Wildman–Crippen LogP) is 7.33. The molecule has 0 radical (unpaired) electrons. The average molecular weight is 506 g/mol. The first-order valence-corrected chi connectivity index (χ1v) is 14.4. The number of hydrazone groups is 1. The van der Waals surface area contributed by atoms with Gasteiger partial charge in [-0.2, -0.15) is 5.10 Å². The highest BCUT2D eigenvalue weighted by Crippen LogP contribution is 2.39. The van der Waals surface area contributed by atoms with Gasteiger partial charge in [0.1, 0.15) is 5.82 Å². The number of benzene rings is 2. The van der Waals surface area contributed by atoms with Crippen molar-refractivity contribution in [1.29, 1.82) is 0 Å². The smallest absolute Gasteiger partial charge is 0.149 e. The van der Waals surface area contributed by atoms with Crippen molar-refractivity contribution in [3.05, 3.63) is 90.1 Å². The van der Waals surface area contributed by atoms with Crippen molar-refractivity contribution < 1.29 is 0 Å². The van der Waals surface area contributed by atoms with Crippen LogP contribution in [0.5, 0.6) is 0 Å². The zero-order chi connectivity index (χ0) is 25.7. The first-order valence-electron chi connectivity index (χ1n) is 14.4. The van der Waals surface area contributed by atoms with Gasteiger partial charge < -0.3 is 9.80 Å². The normalized spacial score (nSPS) is 22.2. The average Bonchev–Trinajstić information content (AvgIpc) is 3.33. The second kappa shape index (κ2) is 11.4. The lowest BCUT2D eigenvalue weighted by molar-refractivity contribution is 0.575. The molecule has 0 bridgehead atoms. The summed E-state index contributed by atoms with van der Waals surface area (Å²) in [5.41, 5.74) is 6.24. The molecule has 2 aromatic carbocycles. The van der Waals surface area contributed by atoms with Gasteiger partial charge in [-0.3, -0.25) is 0 Å². The highest BCUT2D eigenvalue weighted by atomic mass is 15.5. The predicted molar refractivity (Wildman–Crippen MR) is 160 cm³/mol. The van der Waals surface area contributed by atoms with Crippen LogP contribution in [0, 0.1) is 5.92 Å². The summed E-state index contributed by atoms with van der Waals surface area (Å²) in [6.45, 7) is 6.96. The molecule has 5 nitrogen and oxygen atoms in total. The van der Waals surface area contributed by atoms with Crippen LogP contribution in [0.3, 0.4) is 0 Å². The van der Waals surface area contributed by atoms with Crippen LogP contribution < -0.4 is 14.8 Å².